The lowest BCUT2D eigenvalue weighted by molar-refractivity contribution is 0.285. The number of aliphatic hydroxyl groups excluding tert-OH is 1. The van der Waals surface area contributed by atoms with Gasteiger partial charge in [0.05, 0.1) is 11.5 Å². The van der Waals surface area contributed by atoms with Crippen molar-refractivity contribution in [2.24, 2.45) is 0 Å². The summed E-state index contributed by atoms with van der Waals surface area (Å²) in [5, 5.41) is 10.5. The zero-order valence-corrected chi connectivity index (χ0v) is 12.0. The highest BCUT2D eigenvalue weighted by Crippen LogP contribution is 2.23. The molecule has 1 atom stereocenters. The van der Waals surface area contributed by atoms with Crippen molar-refractivity contribution in [3.05, 3.63) is 16.3 Å². The number of aliphatic hydroxyl groups is 1. The van der Waals surface area contributed by atoms with Crippen LogP contribution < -0.4 is 0 Å². The van der Waals surface area contributed by atoms with Crippen molar-refractivity contribution in [1.29, 1.82) is 0 Å². The minimum absolute atomic E-state index is 0.0116. The average molecular weight is 277 g/mol. The van der Waals surface area contributed by atoms with Gasteiger partial charge >= 0.3 is 0 Å². The van der Waals surface area contributed by atoms with Gasteiger partial charge in [0.25, 0.3) is 0 Å². The molecule has 1 heterocycles. The first-order valence-corrected chi connectivity index (χ1v) is 7.91. The summed E-state index contributed by atoms with van der Waals surface area (Å²) in [7, 11) is -1.81. The van der Waals surface area contributed by atoms with E-state index in [2.05, 4.69) is 0 Å². The molecular weight excluding hydrogens is 258 g/mol. The van der Waals surface area contributed by atoms with E-state index in [-0.39, 0.29) is 17.5 Å². The van der Waals surface area contributed by atoms with Gasteiger partial charge in [-0.25, -0.2) is 8.42 Å². The minimum Gasteiger partial charge on any atom is -0.391 e. The second-order valence-corrected chi connectivity index (χ2v) is 7.06. The molecule has 0 saturated carbocycles. The molecular formula is C11H19NO3S2. The van der Waals surface area contributed by atoms with Gasteiger partial charge < -0.3 is 5.11 Å². The van der Waals surface area contributed by atoms with E-state index in [0.717, 1.165) is 12.8 Å². The van der Waals surface area contributed by atoms with E-state index in [9.17, 15) is 8.42 Å². The maximum Gasteiger partial charge on any atom is 0.243 e. The summed E-state index contributed by atoms with van der Waals surface area (Å²) in [6.07, 6.45) is 1.79. The van der Waals surface area contributed by atoms with Gasteiger partial charge in [-0.2, -0.15) is 4.31 Å². The Morgan fingerprint density at radius 1 is 1.53 bits per heavy atom. The third-order valence-electron chi connectivity index (χ3n) is 2.79. The maximum absolute atomic E-state index is 12.2. The summed E-state index contributed by atoms with van der Waals surface area (Å²) in [5.74, 6) is 0. The average Bonchev–Trinajstić information content (AvgIpc) is 2.77. The lowest BCUT2D eigenvalue weighted by Crippen LogP contribution is -2.34. The molecule has 1 aromatic rings. The minimum atomic E-state index is -3.42. The van der Waals surface area contributed by atoms with Crippen molar-refractivity contribution in [2.45, 2.75) is 44.2 Å². The van der Waals surface area contributed by atoms with E-state index in [0.29, 0.717) is 4.88 Å². The summed E-state index contributed by atoms with van der Waals surface area (Å²) in [6.45, 7) is 3.82. The molecule has 1 aromatic heterocycles. The fourth-order valence-corrected chi connectivity index (χ4v) is 4.09. The van der Waals surface area contributed by atoms with Crippen LogP contribution in [0.2, 0.25) is 0 Å². The van der Waals surface area contributed by atoms with Crippen molar-refractivity contribution >= 4 is 21.4 Å². The first kappa shape index (κ1) is 14.6. The van der Waals surface area contributed by atoms with Crippen LogP contribution in [0.15, 0.2) is 16.3 Å². The number of rotatable bonds is 6. The molecule has 0 fully saturated rings. The molecule has 1 unspecified atom stereocenters. The highest BCUT2D eigenvalue weighted by molar-refractivity contribution is 7.89. The number of thiophene rings is 1. The Morgan fingerprint density at radius 3 is 2.65 bits per heavy atom. The Kier molecular flexibility index (Phi) is 5.12. The van der Waals surface area contributed by atoms with Crippen molar-refractivity contribution in [1.82, 2.24) is 4.31 Å². The van der Waals surface area contributed by atoms with E-state index in [1.54, 1.807) is 12.4 Å². The van der Waals surface area contributed by atoms with E-state index in [1.807, 2.05) is 13.8 Å². The molecule has 0 bridgehead atoms. The molecule has 0 amide bonds. The molecule has 0 aliphatic rings. The molecule has 0 aliphatic heterocycles. The number of hydrogen-bond donors (Lipinski definition) is 1. The van der Waals surface area contributed by atoms with E-state index >= 15 is 0 Å². The normalized spacial score (nSPS) is 14.2. The fourth-order valence-electron chi connectivity index (χ4n) is 1.58. The van der Waals surface area contributed by atoms with Gasteiger partial charge in [-0.3, -0.25) is 0 Å². The SMILES string of the molecule is CCCC(C)N(C)S(=O)(=O)c1csc(CO)c1. The standard InChI is InChI=1S/C11H19NO3S2/c1-4-5-9(2)12(3)17(14,15)11-6-10(7-13)16-8-11/h6,8-9,13H,4-5,7H2,1-3H3. The molecule has 0 aromatic carbocycles. The Bertz CT molecular complexity index is 453. The summed E-state index contributed by atoms with van der Waals surface area (Å²) >= 11 is 1.26. The molecule has 0 spiro atoms. The summed E-state index contributed by atoms with van der Waals surface area (Å²) in [5.41, 5.74) is 0. The quantitative estimate of drug-likeness (QED) is 0.866. The van der Waals surface area contributed by atoms with Crippen molar-refractivity contribution in [3.8, 4) is 0 Å². The highest BCUT2D eigenvalue weighted by Gasteiger charge is 2.25. The first-order chi connectivity index (χ1) is 7.93. The Morgan fingerprint density at radius 2 is 2.18 bits per heavy atom. The molecule has 98 valence electrons. The van der Waals surface area contributed by atoms with Gasteiger partial charge in [-0.1, -0.05) is 13.3 Å². The van der Waals surface area contributed by atoms with Crippen molar-refractivity contribution in [2.75, 3.05) is 7.05 Å². The van der Waals surface area contributed by atoms with Gasteiger partial charge in [0.15, 0.2) is 0 Å². The smallest absolute Gasteiger partial charge is 0.243 e. The first-order valence-electron chi connectivity index (χ1n) is 5.59. The Hall–Kier alpha value is -0.430. The molecule has 0 radical (unpaired) electrons. The van der Waals surface area contributed by atoms with Crippen molar-refractivity contribution in [3.63, 3.8) is 0 Å². The molecule has 0 saturated heterocycles. The fraction of sp³-hybridized carbons (Fsp3) is 0.636. The van der Waals surface area contributed by atoms with Crippen LogP contribution in [0, 0.1) is 0 Å². The van der Waals surface area contributed by atoms with Crippen LogP contribution in [-0.4, -0.2) is 30.9 Å². The van der Waals surface area contributed by atoms with Gasteiger partial charge in [-0.05, 0) is 19.4 Å². The summed E-state index contributed by atoms with van der Waals surface area (Å²) < 4.78 is 25.9. The van der Waals surface area contributed by atoms with Crippen molar-refractivity contribution < 1.29 is 13.5 Å². The zero-order chi connectivity index (χ0) is 13.1. The molecule has 0 aliphatic carbocycles. The van der Waals surface area contributed by atoms with E-state index < -0.39 is 10.0 Å². The summed E-state index contributed by atoms with van der Waals surface area (Å²) in [4.78, 5) is 0.942. The second-order valence-electron chi connectivity index (χ2n) is 4.07. The molecule has 4 nitrogen and oxygen atoms in total. The van der Waals surface area contributed by atoms with Crippen LogP contribution in [0.25, 0.3) is 0 Å². The third kappa shape index (κ3) is 3.28. The van der Waals surface area contributed by atoms with Gasteiger partial charge in [0.2, 0.25) is 10.0 Å². The maximum atomic E-state index is 12.2. The number of nitrogens with zero attached hydrogens (tertiary/aromatic N) is 1. The molecule has 17 heavy (non-hydrogen) atoms. The predicted octanol–water partition coefficient (Wildman–Crippen LogP) is 2.05. The monoisotopic (exact) mass is 277 g/mol. The highest BCUT2D eigenvalue weighted by atomic mass is 32.2. The molecule has 1 rings (SSSR count). The van der Waals surface area contributed by atoms with E-state index in [4.69, 9.17) is 5.11 Å². The number of sulfonamides is 1. The van der Waals surface area contributed by atoms with Gasteiger partial charge in [-0.15, -0.1) is 11.3 Å². The second kappa shape index (κ2) is 5.95. The largest absolute Gasteiger partial charge is 0.391 e. The lowest BCUT2D eigenvalue weighted by atomic mass is 10.2. The third-order valence-corrected chi connectivity index (χ3v) is 5.81. The summed E-state index contributed by atoms with van der Waals surface area (Å²) in [6, 6.07) is 1.53. The zero-order valence-electron chi connectivity index (χ0n) is 10.4. The van der Waals surface area contributed by atoms with E-state index in [1.165, 1.54) is 21.7 Å². The van der Waals surface area contributed by atoms with Crippen LogP contribution in [0.5, 0.6) is 0 Å². The Labute approximate surface area is 107 Å². The predicted molar refractivity (Wildman–Crippen MR) is 69.6 cm³/mol. The van der Waals surface area contributed by atoms with Crippen LogP contribution in [0.1, 0.15) is 31.6 Å². The van der Waals surface area contributed by atoms with Crippen LogP contribution >= 0.6 is 11.3 Å². The van der Waals surface area contributed by atoms with Crippen LogP contribution in [0.3, 0.4) is 0 Å². The van der Waals surface area contributed by atoms with Gasteiger partial charge in [0, 0.05) is 23.3 Å². The van der Waals surface area contributed by atoms with Gasteiger partial charge in [0.1, 0.15) is 0 Å². The lowest BCUT2D eigenvalue weighted by Gasteiger charge is -2.23. The van der Waals surface area contributed by atoms with Crippen LogP contribution in [0.4, 0.5) is 0 Å². The number of hydrogen-bond acceptors (Lipinski definition) is 4. The Balaban J connectivity index is 2.94. The topological polar surface area (TPSA) is 57.6 Å². The molecule has 6 heteroatoms. The molecule has 1 N–H and O–H groups in total. The van der Waals surface area contributed by atoms with Crippen LogP contribution in [-0.2, 0) is 16.6 Å².